The molecular formula is C17H26O8S. The van der Waals surface area contributed by atoms with Crippen LogP contribution in [0.4, 0.5) is 0 Å². The van der Waals surface area contributed by atoms with Gasteiger partial charge in [-0.2, -0.15) is 8.42 Å². The molecule has 0 radical (unpaired) electrons. The number of hydrogen-bond donors (Lipinski definition) is 3. The van der Waals surface area contributed by atoms with Crippen LogP contribution >= 0.6 is 0 Å². The molecule has 0 aliphatic carbocycles. The molecule has 0 saturated carbocycles. The molecule has 1 aromatic rings. The second-order valence-electron chi connectivity index (χ2n) is 6.29. The van der Waals surface area contributed by atoms with E-state index in [0.717, 1.165) is 18.4 Å². The van der Waals surface area contributed by atoms with Gasteiger partial charge >= 0.3 is 0 Å². The predicted octanol–water partition coefficient (Wildman–Crippen LogP) is 0.325. The largest absolute Gasteiger partial charge is 0.387 e. The molecule has 1 aliphatic rings. The third-order valence-electron chi connectivity index (χ3n) is 4.15. The first-order valence-corrected chi connectivity index (χ1v) is 9.94. The number of aliphatic hydroxyl groups is 3. The van der Waals surface area contributed by atoms with Gasteiger partial charge in [-0.05, 0) is 25.5 Å². The molecule has 9 heteroatoms. The van der Waals surface area contributed by atoms with Crippen LogP contribution in [0.3, 0.4) is 0 Å². The minimum absolute atomic E-state index is 0.0234. The van der Waals surface area contributed by atoms with Crippen LogP contribution in [0.5, 0.6) is 0 Å². The lowest BCUT2D eigenvalue weighted by molar-refractivity contribution is -0.299. The summed E-state index contributed by atoms with van der Waals surface area (Å²) < 4.78 is 40.2. The van der Waals surface area contributed by atoms with Gasteiger partial charge in [0.05, 0.1) is 11.5 Å². The summed E-state index contributed by atoms with van der Waals surface area (Å²) in [5, 5.41) is 29.9. The molecule has 1 fully saturated rings. The minimum atomic E-state index is -4.05. The fourth-order valence-corrected chi connectivity index (χ4v) is 3.38. The number of aryl methyl sites for hydroxylation is 1. The van der Waals surface area contributed by atoms with Crippen molar-refractivity contribution in [2.24, 2.45) is 0 Å². The summed E-state index contributed by atoms with van der Waals surface area (Å²) >= 11 is 0. The number of aliphatic hydroxyl groups excluding tert-OH is 3. The fourth-order valence-electron chi connectivity index (χ4n) is 2.47. The number of benzene rings is 1. The standard InChI is InChI=1S/C17H26O8S/c1-3-4-9-23-17-16(20)15(19)14(18)13(25-17)10-24-26(21,22)12-7-5-11(2)6-8-12/h5-8,13-20H,3-4,9-10H2,1-2H3/t13-,14-,15+,16-,17+/m1/s1. The van der Waals surface area contributed by atoms with Crippen LogP contribution in [0.25, 0.3) is 0 Å². The second kappa shape index (κ2) is 9.23. The topological polar surface area (TPSA) is 123 Å². The van der Waals surface area contributed by atoms with E-state index in [2.05, 4.69) is 0 Å². The van der Waals surface area contributed by atoms with E-state index in [1.165, 1.54) is 12.1 Å². The predicted molar refractivity (Wildman–Crippen MR) is 91.9 cm³/mol. The summed E-state index contributed by atoms with van der Waals surface area (Å²) in [4.78, 5) is -0.0234. The van der Waals surface area contributed by atoms with Gasteiger partial charge in [0.25, 0.3) is 10.1 Å². The highest BCUT2D eigenvalue weighted by Crippen LogP contribution is 2.24. The molecule has 5 atom stereocenters. The minimum Gasteiger partial charge on any atom is -0.387 e. The molecule has 3 N–H and O–H groups in total. The van der Waals surface area contributed by atoms with E-state index in [4.69, 9.17) is 13.7 Å². The molecule has 0 amide bonds. The van der Waals surface area contributed by atoms with E-state index in [1.807, 2.05) is 13.8 Å². The molecule has 0 aromatic heterocycles. The molecule has 2 rings (SSSR count). The van der Waals surface area contributed by atoms with Crippen molar-refractivity contribution in [3.05, 3.63) is 29.8 Å². The molecule has 0 bridgehead atoms. The summed E-state index contributed by atoms with van der Waals surface area (Å²) in [6.07, 6.45) is -5.22. The SMILES string of the molecule is CCCCO[C@H]1O[C@H](COS(=O)(=O)c2ccc(C)cc2)[C@@H](O)[C@H](O)[C@H]1O. The van der Waals surface area contributed by atoms with E-state index >= 15 is 0 Å². The van der Waals surface area contributed by atoms with Crippen LogP contribution in [-0.4, -0.2) is 67.7 Å². The van der Waals surface area contributed by atoms with Crippen LogP contribution in [-0.2, 0) is 23.8 Å². The normalized spacial score (nSPS) is 29.7. The highest BCUT2D eigenvalue weighted by Gasteiger charge is 2.44. The molecule has 1 saturated heterocycles. The lowest BCUT2D eigenvalue weighted by Gasteiger charge is -2.40. The Hall–Kier alpha value is -1.07. The molecule has 148 valence electrons. The first kappa shape index (κ1) is 21.2. The molecular weight excluding hydrogens is 364 g/mol. The number of rotatable bonds is 8. The van der Waals surface area contributed by atoms with Crippen molar-refractivity contribution in [2.45, 2.75) is 62.3 Å². The lowest BCUT2D eigenvalue weighted by Crippen LogP contribution is -2.59. The summed E-state index contributed by atoms with van der Waals surface area (Å²) in [6, 6.07) is 6.11. The van der Waals surface area contributed by atoms with Crippen LogP contribution < -0.4 is 0 Å². The average molecular weight is 390 g/mol. The van der Waals surface area contributed by atoms with Gasteiger partial charge in [0.2, 0.25) is 0 Å². The van der Waals surface area contributed by atoms with Crippen molar-refractivity contribution in [1.29, 1.82) is 0 Å². The van der Waals surface area contributed by atoms with Gasteiger partial charge in [-0.1, -0.05) is 31.0 Å². The van der Waals surface area contributed by atoms with Gasteiger partial charge in [0.15, 0.2) is 6.29 Å². The van der Waals surface area contributed by atoms with Gasteiger partial charge < -0.3 is 24.8 Å². The Bertz CT molecular complexity index is 660. The van der Waals surface area contributed by atoms with E-state index in [1.54, 1.807) is 12.1 Å². The monoisotopic (exact) mass is 390 g/mol. The number of ether oxygens (including phenoxy) is 2. The van der Waals surface area contributed by atoms with Crippen molar-refractivity contribution >= 4 is 10.1 Å². The van der Waals surface area contributed by atoms with Gasteiger partial charge in [-0.15, -0.1) is 0 Å². The zero-order chi connectivity index (χ0) is 19.3. The van der Waals surface area contributed by atoms with E-state index < -0.39 is 47.4 Å². The number of unbranched alkanes of at least 4 members (excludes halogenated alkanes) is 1. The first-order valence-electron chi connectivity index (χ1n) is 8.53. The molecule has 1 aromatic carbocycles. The number of hydrogen-bond acceptors (Lipinski definition) is 8. The van der Waals surface area contributed by atoms with Crippen LogP contribution in [0, 0.1) is 6.92 Å². The molecule has 1 heterocycles. The van der Waals surface area contributed by atoms with Gasteiger partial charge in [0, 0.05) is 6.61 Å². The Kier molecular flexibility index (Phi) is 7.53. The molecule has 0 spiro atoms. The maximum absolute atomic E-state index is 12.2. The third-order valence-corrected chi connectivity index (χ3v) is 5.44. The summed E-state index contributed by atoms with van der Waals surface area (Å²) in [5.74, 6) is 0. The molecule has 0 unspecified atom stereocenters. The van der Waals surface area contributed by atoms with Crippen molar-refractivity contribution in [3.8, 4) is 0 Å². The van der Waals surface area contributed by atoms with Crippen molar-refractivity contribution in [3.63, 3.8) is 0 Å². The Morgan fingerprint density at radius 3 is 2.35 bits per heavy atom. The van der Waals surface area contributed by atoms with Crippen LogP contribution in [0.15, 0.2) is 29.2 Å². The van der Waals surface area contributed by atoms with E-state index in [0.29, 0.717) is 6.61 Å². The van der Waals surface area contributed by atoms with Crippen molar-refractivity contribution < 1.29 is 37.4 Å². The van der Waals surface area contributed by atoms with Gasteiger partial charge in [-0.3, -0.25) is 4.18 Å². The third kappa shape index (κ3) is 5.23. The summed E-state index contributed by atoms with van der Waals surface area (Å²) in [6.45, 7) is 3.58. The summed E-state index contributed by atoms with van der Waals surface area (Å²) in [5.41, 5.74) is 0.902. The van der Waals surface area contributed by atoms with Crippen LogP contribution in [0.1, 0.15) is 25.3 Å². The van der Waals surface area contributed by atoms with E-state index in [-0.39, 0.29) is 4.90 Å². The summed E-state index contributed by atoms with van der Waals surface area (Å²) in [7, 11) is -4.05. The Balaban J connectivity index is 2.01. The highest BCUT2D eigenvalue weighted by molar-refractivity contribution is 7.86. The zero-order valence-electron chi connectivity index (χ0n) is 14.8. The van der Waals surface area contributed by atoms with Crippen molar-refractivity contribution in [1.82, 2.24) is 0 Å². The average Bonchev–Trinajstić information content (AvgIpc) is 2.61. The molecule has 26 heavy (non-hydrogen) atoms. The molecule has 8 nitrogen and oxygen atoms in total. The smallest absolute Gasteiger partial charge is 0.297 e. The lowest BCUT2D eigenvalue weighted by atomic mass is 9.99. The van der Waals surface area contributed by atoms with Crippen molar-refractivity contribution in [2.75, 3.05) is 13.2 Å². The second-order valence-corrected chi connectivity index (χ2v) is 7.91. The first-order chi connectivity index (χ1) is 12.3. The Labute approximate surface area is 153 Å². The maximum Gasteiger partial charge on any atom is 0.297 e. The van der Waals surface area contributed by atoms with Gasteiger partial charge in [-0.25, -0.2) is 0 Å². The van der Waals surface area contributed by atoms with Gasteiger partial charge in [0.1, 0.15) is 24.4 Å². The molecule has 1 aliphatic heterocycles. The zero-order valence-corrected chi connectivity index (χ0v) is 15.6. The Morgan fingerprint density at radius 1 is 1.08 bits per heavy atom. The van der Waals surface area contributed by atoms with E-state index in [9.17, 15) is 23.7 Å². The maximum atomic E-state index is 12.2. The Morgan fingerprint density at radius 2 is 1.73 bits per heavy atom. The highest BCUT2D eigenvalue weighted by atomic mass is 32.2. The quantitative estimate of drug-likeness (QED) is 0.429. The van der Waals surface area contributed by atoms with Crippen LogP contribution in [0.2, 0.25) is 0 Å². The fraction of sp³-hybridized carbons (Fsp3) is 0.647.